The summed E-state index contributed by atoms with van der Waals surface area (Å²) < 4.78 is 4.74. The number of aromatic nitrogens is 2. The van der Waals surface area contributed by atoms with Gasteiger partial charge in [-0.05, 0) is 54.4 Å². The van der Waals surface area contributed by atoms with Gasteiger partial charge >= 0.3 is 0 Å². The topological polar surface area (TPSA) is 9.86 Å². The van der Waals surface area contributed by atoms with Gasteiger partial charge in [0.05, 0.1) is 16.6 Å². The van der Waals surface area contributed by atoms with Gasteiger partial charge in [0.25, 0.3) is 0 Å². The van der Waals surface area contributed by atoms with Crippen molar-refractivity contribution in [2.45, 2.75) is 6.92 Å². The molecule has 0 fully saturated rings. The van der Waals surface area contributed by atoms with E-state index in [4.69, 9.17) is 0 Å². The quantitative estimate of drug-likeness (QED) is 0.256. The highest BCUT2D eigenvalue weighted by Crippen LogP contribution is 2.38. The molecule has 35 heavy (non-hydrogen) atoms. The van der Waals surface area contributed by atoms with E-state index in [0.717, 1.165) is 0 Å². The molecule has 0 unspecified atom stereocenters. The number of hydrogen-bond donors (Lipinski definition) is 0. The van der Waals surface area contributed by atoms with Crippen LogP contribution in [0.25, 0.3) is 55.2 Å². The monoisotopic (exact) mass is 448 g/mol. The number of benzene rings is 5. The summed E-state index contributed by atoms with van der Waals surface area (Å²) in [5.74, 6) is 0. The minimum absolute atomic E-state index is 1.17. The van der Waals surface area contributed by atoms with Crippen LogP contribution in [0, 0.1) is 6.92 Å². The molecule has 0 spiro atoms. The van der Waals surface area contributed by atoms with E-state index in [1.807, 2.05) is 0 Å². The molecule has 0 saturated carbocycles. The average Bonchev–Trinajstić information content (AvgIpc) is 3.49. The molecule has 0 atom stereocenters. The highest BCUT2D eigenvalue weighted by atomic mass is 15.0. The fourth-order valence-electron chi connectivity index (χ4n) is 5.29. The number of nitrogens with zero attached hydrogens (tertiary/aromatic N) is 2. The predicted octanol–water partition coefficient (Wildman–Crippen LogP) is 8.70. The first-order chi connectivity index (χ1) is 17.3. The third-order valence-electron chi connectivity index (χ3n) is 7.03. The molecule has 2 aromatic heterocycles. The smallest absolute Gasteiger partial charge is 0.0788 e. The lowest BCUT2D eigenvalue weighted by molar-refractivity contribution is 1.12. The molecular formula is C33H24N2. The van der Waals surface area contributed by atoms with Gasteiger partial charge in [-0.25, -0.2) is 0 Å². The van der Waals surface area contributed by atoms with E-state index in [9.17, 15) is 0 Å². The summed E-state index contributed by atoms with van der Waals surface area (Å²) in [5.41, 5.74) is 9.77. The van der Waals surface area contributed by atoms with Gasteiger partial charge in [-0.2, -0.15) is 0 Å². The first-order valence-electron chi connectivity index (χ1n) is 12.0. The Morgan fingerprint density at radius 1 is 0.486 bits per heavy atom. The molecule has 0 bridgehead atoms. The molecule has 7 aromatic rings. The first-order valence-corrected chi connectivity index (χ1v) is 12.0. The standard InChI is InChI=1S/C33H24N2/c1-23-11-13-24(14-12-23)25-15-18-28(19-16-25)35-31-10-6-5-9-29(31)30-20-17-26-21-22-34(32(26)33(30)35)27-7-3-2-4-8-27/h2-22H,1H3. The maximum absolute atomic E-state index is 2.42. The normalized spacial score (nSPS) is 11.6. The second kappa shape index (κ2) is 7.75. The zero-order chi connectivity index (χ0) is 23.4. The van der Waals surface area contributed by atoms with Gasteiger partial charge in [-0.3, -0.25) is 0 Å². The number of para-hydroxylation sites is 2. The predicted molar refractivity (Wildman–Crippen MR) is 148 cm³/mol. The van der Waals surface area contributed by atoms with Crippen LogP contribution >= 0.6 is 0 Å². The molecule has 0 aliphatic carbocycles. The lowest BCUT2D eigenvalue weighted by Crippen LogP contribution is -1.98. The molecule has 5 aromatic carbocycles. The van der Waals surface area contributed by atoms with Crippen molar-refractivity contribution in [3.63, 3.8) is 0 Å². The van der Waals surface area contributed by atoms with E-state index in [2.05, 4.69) is 144 Å². The Kier molecular flexibility index (Phi) is 4.40. The van der Waals surface area contributed by atoms with Crippen LogP contribution in [0.15, 0.2) is 128 Å². The molecule has 0 aliphatic rings. The van der Waals surface area contributed by atoms with Gasteiger partial charge in [-0.1, -0.05) is 90.5 Å². The van der Waals surface area contributed by atoms with Crippen molar-refractivity contribution < 1.29 is 0 Å². The molecule has 0 N–H and O–H groups in total. The van der Waals surface area contributed by atoms with Gasteiger partial charge in [-0.15, -0.1) is 0 Å². The van der Waals surface area contributed by atoms with Crippen molar-refractivity contribution >= 4 is 32.7 Å². The van der Waals surface area contributed by atoms with Crippen LogP contribution in [-0.2, 0) is 0 Å². The van der Waals surface area contributed by atoms with Crippen LogP contribution in [-0.4, -0.2) is 9.13 Å². The molecular weight excluding hydrogens is 424 g/mol. The van der Waals surface area contributed by atoms with Crippen molar-refractivity contribution in [2.75, 3.05) is 0 Å². The fraction of sp³-hybridized carbons (Fsp3) is 0.0303. The van der Waals surface area contributed by atoms with Crippen molar-refractivity contribution in [3.05, 3.63) is 133 Å². The number of rotatable bonds is 3. The Balaban J connectivity index is 1.52. The van der Waals surface area contributed by atoms with Crippen molar-refractivity contribution in [3.8, 4) is 22.5 Å². The van der Waals surface area contributed by atoms with Gasteiger partial charge in [0, 0.05) is 33.7 Å². The van der Waals surface area contributed by atoms with Crippen molar-refractivity contribution in [1.82, 2.24) is 9.13 Å². The Morgan fingerprint density at radius 2 is 1.17 bits per heavy atom. The molecule has 0 radical (unpaired) electrons. The molecule has 2 heteroatoms. The molecule has 2 nitrogen and oxygen atoms in total. The summed E-state index contributed by atoms with van der Waals surface area (Å²) in [4.78, 5) is 0. The summed E-state index contributed by atoms with van der Waals surface area (Å²) in [7, 11) is 0. The molecule has 166 valence electrons. The van der Waals surface area contributed by atoms with Gasteiger partial charge in [0.1, 0.15) is 0 Å². The van der Waals surface area contributed by atoms with Crippen LogP contribution in [0.2, 0.25) is 0 Å². The van der Waals surface area contributed by atoms with Crippen molar-refractivity contribution in [2.24, 2.45) is 0 Å². The second-order valence-electron chi connectivity index (χ2n) is 9.19. The lowest BCUT2D eigenvalue weighted by atomic mass is 10.0. The third kappa shape index (κ3) is 3.11. The molecule has 0 saturated heterocycles. The molecule has 7 rings (SSSR count). The Hall–Kier alpha value is -4.56. The van der Waals surface area contributed by atoms with E-state index in [1.54, 1.807) is 0 Å². The third-order valence-corrected chi connectivity index (χ3v) is 7.03. The summed E-state index contributed by atoms with van der Waals surface area (Å²) in [5, 5.41) is 3.78. The van der Waals surface area contributed by atoms with E-state index in [1.165, 1.54) is 60.8 Å². The lowest BCUT2D eigenvalue weighted by Gasteiger charge is -2.12. The Bertz CT molecular complexity index is 1820. The minimum Gasteiger partial charge on any atom is -0.315 e. The number of fused-ring (bicyclic) bond motifs is 5. The maximum atomic E-state index is 2.42. The van der Waals surface area contributed by atoms with Gasteiger partial charge < -0.3 is 9.13 Å². The number of aryl methyl sites for hydroxylation is 1. The summed E-state index contributed by atoms with van der Waals surface area (Å²) >= 11 is 0. The average molecular weight is 449 g/mol. The summed E-state index contributed by atoms with van der Waals surface area (Å²) in [6, 6.07) is 43.7. The number of hydrogen-bond acceptors (Lipinski definition) is 0. The highest BCUT2D eigenvalue weighted by molar-refractivity contribution is 6.18. The highest BCUT2D eigenvalue weighted by Gasteiger charge is 2.17. The van der Waals surface area contributed by atoms with Crippen LogP contribution in [0.5, 0.6) is 0 Å². The molecule has 0 aliphatic heterocycles. The van der Waals surface area contributed by atoms with Gasteiger partial charge in [0.2, 0.25) is 0 Å². The second-order valence-corrected chi connectivity index (χ2v) is 9.19. The maximum Gasteiger partial charge on any atom is 0.0788 e. The fourth-order valence-corrected chi connectivity index (χ4v) is 5.29. The summed E-state index contributed by atoms with van der Waals surface area (Å²) in [6.45, 7) is 2.13. The SMILES string of the molecule is Cc1ccc(-c2ccc(-n3c4ccccc4c4ccc5ccn(-c6ccccc6)c5c43)cc2)cc1. The van der Waals surface area contributed by atoms with Crippen LogP contribution in [0.4, 0.5) is 0 Å². The largest absolute Gasteiger partial charge is 0.315 e. The Labute approximate surface area is 204 Å². The van der Waals surface area contributed by atoms with Crippen LogP contribution in [0.1, 0.15) is 5.56 Å². The zero-order valence-corrected chi connectivity index (χ0v) is 19.5. The molecule has 2 heterocycles. The van der Waals surface area contributed by atoms with E-state index >= 15 is 0 Å². The zero-order valence-electron chi connectivity index (χ0n) is 19.5. The summed E-state index contributed by atoms with van der Waals surface area (Å²) in [6.07, 6.45) is 2.18. The first kappa shape index (κ1) is 19.9. The molecule has 0 amide bonds. The van der Waals surface area contributed by atoms with E-state index < -0.39 is 0 Å². The van der Waals surface area contributed by atoms with Gasteiger partial charge in [0.15, 0.2) is 0 Å². The van der Waals surface area contributed by atoms with E-state index in [0.29, 0.717) is 0 Å². The van der Waals surface area contributed by atoms with Crippen LogP contribution < -0.4 is 0 Å². The minimum atomic E-state index is 1.17. The van der Waals surface area contributed by atoms with E-state index in [-0.39, 0.29) is 0 Å². The Morgan fingerprint density at radius 3 is 1.94 bits per heavy atom. The van der Waals surface area contributed by atoms with Crippen LogP contribution in [0.3, 0.4) is 0 Å². The van der Waals surface area contributed by atoms with Crippen molar-refractivity contribution in [1.29, 1.82) is 0 Å².